The molecular formula is C22H25N9O. The topological polar surface area (TPSA) is 113 Å². The maximum Gasteiger partial charge on any atom is 0.260 e. The third-order valence-electron chi connectivity index (χ3n) is 5.55. The number of hydrogen-bond acceptors (Lipinski definition) is 8. The number of rotatable bonds is 3. The fourth-order valence-electron chi connectivity index (χ4n) is 4.33. The van der Waals surface area contributed by atoms with Crippen LogP contribution in [0.2, 0.25) is 0 Å². The lowest BCUT2D eigenvalue weighted by atomic mass is 10.1. The van der Waals surface area contributed by atoms with Gasteiger partial charge in [0.15, 0.2) is 17.3 Å². The van der Waals surface area contributed by atoms with Gasteiger partial charge in [0, 0.05) is 43.8 Å². The van der Waals surface area contributed by atoms with Gasteiger partial charge in [-0.15, -0.1) is 5.10 Å². The number of pyridine rings is 1. The molecule has 1 aliphatic rings. The van der Waals surface area contributed by atoms with Gasteiger partial charge in [0.25, 0.3) is 5.91 Å². The highest BCUT2D eigenvalue weighted by molar-refractivity contribution is 6.12. The summed E-state index contributed by atoms with van der Waals surface area (Å²) in [6.45, 7) is 9.75. The smallest absolute Gasteiger partial charge is 0.260 e. The SMILES string of the molecule is Cc1cn2nc(NC(=O)c3cnc(N4C[C@@H](C)N[C@H](C)C4)c4nccnc34)cc(C)c2n1. The molecule has 2 N–H and O–H groups in total. The standard InChI is InChI=1S/C22H25N9O/c1-12-7-17(29-31-11-15(4)27-20(12)31)28-22(32)16-8-25-21(19-18(16)23-5-6-24-19)30-9-13(2)26-14(3)10-30/h5-8,11,13-14,26H,9-10H2,1-4H3,(H,28,29,32)/t13-,14-/m1/s1. The molecule has 4 aromatic heterocycles. The number of nitrogens with zero attached hydrogens (tertiary/aromatic N) is 7. The maximum atomic E-state index is 13.2. The van der Waals surface area contributed by atoms with Crippen molar-refractivity contribution in [1.82, 2.24) is 34.9 Å². The molecule has 1 amide bonds. The number of amides is 1. The number of aryl methyl sites for hydroxylation is 2. The molecule has 0 aliphatic carbocycles. The van der Waals surface area contributed by atoms with Gasteiger partial charge >= 0.3 is 0 Å². The Morgan fingerprint density at radius 3 is 2.56 bits per heavy atom. The number of carbonyl (C=O) groups is 1. The van der Waals surface area contributed by atoms with Gasteiger partial charge in [-0.2, -0.15) is 0 Å². The zero-order valence-electron chi connectivity index (χ0n) is 18.5. The lowest BCUT2D eigenvalue weighted by molar-refractivity contribution is 0.102. The third kappa shape index (κ3) is 3.62. The average Bonchev–Trinajstić information content (AvgIpc) is 3.13. The van der Waals surface area contributed by atoms with Crippen LogP contribution in [0, 0.1) is 13.8 Å². The molecule has 10 heteroatoms. The first-order chi connectivity index (χ1) is 15.4. The van der Waals surface area contributed by atoms with Crippen LogP contribution in [0.1, 0.15) is 35.5 Å². The molecule has 2 atom stereocenters. The molecule has 1 aliphatic heterocycles. The molecule has 1 fully saturated rings. The van der Waals surface area contributed by atoms with E-state index >= 15 is 0 Å². The minimum atomic E-state index is -0.334. The van der Waals surface area contributed by atoms with E-state index in [0.29, 0.717) is 34.5 Å². The molecule has 5 heterocycles. The van der Waals surface area contributed by atoms with Gasteiger partial charge in [-0.05, 0) is 39.3 Å². The fraction of sp³-hybridized carbons (Fsp3) is 0.364. The predicted octanol–water partition coefficient (Wildman–Crippen LogP) is 2.12. The van der Waals surface area contributed by atoms with Crippen LogP contribution in [-0.2, 0) is 0 Å². The predicted molar refractivity (Wildman–Crippen MR) is 122 cm³/mol. The Morgan fingerprint density at radius 1 is 1.09 bits per heavy atom. The van der Waals surface area contributed by atoms with Crippen molar-refractivity contribution in [3.8, 4) is 0 Å². The monoisotopic (exact) mass is 431 g/mol. The second-order valence-corrected chi connectivity index (χ2v) is 8.44. The van der Waals surface area contributed by atoms with Gasteiger partial charge in [0.05, 0.1) is 17.5 Å². The first-order valence-corrected chi connectivity index (χ1v) is 10.6. The molecule has 0 bridgehead atoms. The molecule has 4 aromatic rings. The van der Waals surface area contributed by atoms with Crippen LogP contribution in [0.3, 0.4) is 0 Å². The van der Waals surface area contributed by atoms with E-state index in [1.54, 1.807) is 29.2 Å². The highest BCUT2D eigenvalue weighted by Gasteiger charge is 2.25. The molecule has 0 radical (unpaired) electrons. The van der Waals surface area contributed by atoms with E-state index in [1.807, 2.05) is 20.0 Å². The molecule has 164 valence electrons. The Hall–Kier alpha value is -3.66. The molecule has 10 nitrogen and oxygen atoms in total. The van der Waals surface area contributed by atoms with Crippen LogP contribution in [0.5, 0.6) is 0 Å². The second kappa shape index (κ2) is 7.79. The Kier molecular flexibility index (Phi) is 4.93. The van der Waals surface area contributed by atoms with Crippen molar-refractivity contribution in [2.45, 2.75) is 39.8 Å². The highest BCUT2D eigenvalue weighted by atomic mass is 16.1. The summed E-state index contributed by atoms with van der Waals surface area (Å²) in [4.78, 5) is 33.4. The van der Waals surface area contributed by atoms with Gasteiger partial charge in [-0.3, -0.25) is 9.78 Å². The Morgan fingerprint density at radius 2 is 1.81 bits per heavy atom. The summed E-state index contributed by atoms with van der Waals surface area (Å²) in [5.74, 6) is 0.845. The van der Waals surface area contributed by atoms with E-state index in [9.17, 15) is 4.79 Å². The van der Waals surface area contributed by atoms with Crippen molar-refractivity contribution in [3.63, 3.8) is 0 Å². The van der Waals surface area contributed by atoms with Crippen LogP contribution in [0.4, 0.5) is 11.6 Å². The average molecular weight is 432 g/mol. The van der Waals surface area contributed by atoms with Crippen molar-refractivity contribution in [2.24, 2.45) is 0 Å². The summed E-state index contributed by atoms with van der Waals surface area (Å²) in [7, 11) is 0. The summed E-state index contributed by atoms with van der Waals surface area (Å²) >= 11 is 0. The van der Waals surface area contributed by atoms with Gasteiger partial charge in [-0.25, -0.2) is 19.5 Å². The van der Waals surface area contributed by atoms with Gasteiger partial charge < -0.3 is 15.5 Å². The van der Waals surface area contributed by atoms with Crippen LogP contribution in [-0.4, -0.2) is 60.6 Å². The number of hydrogen-bond donors (Lipinski definition) is 2. The minimum absolute atomic E-state index is 0.325. The van der Waals surface area contributed by atoms with Crippen molar-refractivity contribution in [2.75, 3.05) is 23.3 Å². The highest BCUT2D eigenvalue weighted by Crippen LogP contribution is 2.26. The Labute approximate surface area is 185 Å². The molecule has 0 unspecified atom stereocenters. The Bertz CT molecular complexity index is 1320. The quantitative estimate of drug-likeness (QED) is 0.507. The van der Waals surface area contributed by atoms with E-state index in [0.717, 1.165) is 35.8 Å². The summed E-state index contributed by atoms with van der Waals surface area (Å²) in [6.07, 6.45) is 6.62. The van der Waals surface area contributed by atoms with Crippen LogP contribution in [0.25, 0.3) is 16.7 Å². The second-order valence-electron chi connectivity index (χ2n) is 8.44. The minimum Gasteiger partial charge on any atom is -0.352 e. The normalized spacial score (nSPS) is 18.9. The molecule has 1 saturated heterocycles. The molecule has 32 heavy (non-hydrogen) atoms. The van der Waals surface area contributed by atoms with E-state index < -0.39 is 0 Å². The van der Waals surface area contributed by atoms with Gasteiger partial charge in [-0.1, -0.05) is 0 Å². The number of imidazole rings is 1. The summed E-state index contributed by atoms with van der Waals surface area (Å²) in [6, 6.07) is 2.45. The lowest BCUT2D eigenvalue weighted by Gasteiger charge is -2.37. The molecule has 0 saturated carbocycles. The Balaban J connectivity index is 1.50. The first kappa shape index (κ1) is 20.3. The zero-order chi connectivity index (χ0) is 22.4. The molecule has 0 spiro atoms. The number of anilines is 2. The van der Waals surface area contributed by atoms with E-state index in [2.05, 4.69) is 54.4 Å². The third-order valence-corrected chi connectivity index (χ3v) is 5.55. The summed E-state index contributed by atoms with van der Waals surface area (Å²) < 4.78 is 1.67. The van der Waals surface area contributed by atoms with E-state index in [-0.39, 0.29) is 5.91 Å². The first-order valence-electron chi connectivity index (χ1n) is 10.6. The molecule has 0 aromatic carbocycles. The van der Waals surface area contributed by atoms with E-state index in [1.165, 1.54) is 0 Å². The van der Waals surface area contributed by atoms with Gasteiger partial charge in [0.1, 0.15) is 11.0 Å². The van der Waals surface area contributed by atoms with Crippen molar-refractivity contribution in [1.29, 1.82) is 0 Å². The van der Waals surface area contributed by atoms with Crippen LogP contribution >= 0.6 is 0 Å². The van der Waals surface area contributed by atoms with Crippen LogP contribution < -0.4 is 15.5 Å². The van der Waals surface area contributed by atoms with E-state index in [4.69, 9.17) is 0 Å². The molecule has 5 rings (SSSR count). The summed E-state index contributed by atoms with van der Waals surface area (Å²) in [5, 5.41) is 10.9. The fourth-order valence-corrected chi connectivity index (χ4v) is 4.33. The van der Waals surface area contributed by atoms with Crippen LogP contribution in [0.15, 0.2) is 30.9 Å². The van der Waals surface area contributed by atoms with Crippen molar-refractivity contribution >= 4 is 34.2 Å². The number of fused-ring (bicyclic) bond motifs is 2. The zero-order valence-corrected chi connectivity index (χ0v) is 18.5. The van der Waals surface area contributed by atoms with Crippen molar-refractivity contribution < 1.29 is 4.79 Å². The molecular weight excluding hydrogens is 406 g/mol. The largest absolute Gasteiger partial charge is 0.352 e. The van der Waals surface area contributed by atoms with Crippen molar-refractivity contribution in [3.05, 3.63) is 47.7 Å². The number of carbonyl (C=O) groups excluding carboxylic acids is 1. The summed E-state index contributed by atoms with van der Waals surface area (Å²) in [5.41, 5.74) is 4.04. The lowest BCUT2D eigenvalue weighted by Crippen LogP contribution is -2.54. The van der Waals surface area contributed by atoms with Gasteiger partial charge in [0.2, 0.25) is 0 Å². The maximum absolute atomic E-state index is 13.2. The number of aromatic nitrogens is 6. The number of piperazine rings is 1. The number of nitrogens with one attached hydrogen (secondary N) is 2.